The van der Waals surface area contributed by atoms with E-state index in [1.807, 2.05) is 18.2 Å². The number of phenolic OH excluding ortho intramolecular Hbond substituents is 1. The molecule has 0 aromatic heterocycles. The van der Waals surface area contributed by atoms with Crippen LogP contribution in [0.4, 0.5) is 0 Å². The smallest absolute Gasteiger partial charge is 0.320 e. The second kappa shape index (κ2) is 9.55. The van der Waals surface area contributed by atoms with Gasteiger partial charge in [0, 0.05) is 0 Å². The maximum atomic E-state index is 10.4. The Morgan fingerprint density at radius 2 is 1.59 bits per heavy atom. The molecule has 0 saturated carbocycles. The van der Waals surface area contributed by atoms with Crippen LogP contribution in [0.3, 0.4) is 0 Å². The first kappa shape index (κ1) is 17.7. The number of hydrogen-bond donors (Lipinski definition) is 4. The highest BCUT2D eigenvalue weighted by atomic mass is 16.4. The fraction of sp³-hybridized carbons (Fsp3) is 0.235. The predicted octanol–water partition coefficient (Wildman–Crippen LogP) is 1.53. The second-order valence-corrected chi connectivity index (χ2v) is 4.84. The van der Waals surface area contributed by atoms with E-state index in [0.717, 1.165) is 18.5 Å². The lowest BCUT2D eigenvalue weighted by Crippen LogP contribution is -2.32. The second-order valence-electron chi connectivity index (χ2n) is 4.84. The Labute approximate surface area is 130 Å². The molecule has 6 N–H and O–H groups in total. The third kappa shape index (κ3) is 6.88. The van der Waals surface area contributed by atoms with Crippen molar-refractivity contribution in [1.29, 1.82) is 0 Å². The van der Waals surface area contributed by atoms with Gasteiger partial charge in [-0.25, -0.2) is 0 Å². The van der Waals surface area contributed by atoms with E-state index in [4.69, 9.17) is 21.7 Å². The minimum absolute atomic E-state index is 0.160. The molecule has 0 saturated heterocycles. The van der Waals surface area contributed by atoms with Crippen LogP contribution in [0, 0.1) is 0 Å². The molecule has 2 aromatic rings. The first-order valence-corrected chi connectivity index (χ1v) is 7.03. The first-order chi connectivity index (χ1) is 10.5. The van der Waals surface area contributed by atoms with Crippen LogP contribution < -0.4 is 11.5 Å². The average molecular weight is 302 g/mol. The van der Waals surface area contributed by atoms with Gasteiger partial charge >= 0.3 is 5.97 Å². The molecule has 0 aliphatic carbocycles. The normalized spacial score (nSPS) is 11.2. The molecule has 5 nitrogen and oxygen atoms in total. The molecule has 0 spiro atoms. The fourth-order valence-electron chi connectivity index (χ4n) is 1.78. The van der Waals surface area contributed by atoms with Gasteiger partial charge in [0.15, 0.2) is 0 Å². The molecule has 0 unspecified atom stereocenters. The fourth-order valence-corrected chi connectivity index (χ4v) is 1.78. The van der Waals surface area contributed by atoms with Gasteiger partial charge in [0.1, 0.15) is 11.8 Å². The quantitative estimate of drug-likeness (QED) is 0.669. The van der Waals surface area contributed by atoms with Crippen molar-refractivity contribution in [2.45, 2.75) is 18.9 Å². The molecule has 0 radical (unpaired) electrons. The number of rotatable bonds is 5. The number of benzene rings is 2. The van der Waals surface area contributed by atoms with Crippen LogP contribution >= 0.6 is 0 Å². The molecule has 2 aromatic carbocycles. The zero-order chi connectivity index (χ0) is 16.4. The van der Waals surface area contributed by atoms with E-state index in [1.165, 1.54) is 17.7 Å². The summed E-state index contributed by atoms with van der Waals surface area (Å²) in [7, 11) is 0. The Morgan fingerprint density at radius 1 is 1.00 bits per heavy atom. The van der Waals surface area contributed by atoms with E-state index >= 15 is 0 Å². The number of phenols is 1. The third-order valence-corrected chi connectivity index (χ3v) is 2.98. The summed E-state index contributed by atoms with van der Waals surface area (Å²) in [5.41, 5.74) is 12.8. The van der Waals surface area contributed by atoms with E-state index in [-0.39, 0.29) is 12.2 Å². The van der Waals surface area contributed by atoms with Crippen molar-refractivity contribution in [2.75, 3.05) is 6.54 Å². The van der Waals surface area contributed by atoms with Gasteiger partial charge in [0.25, 0.3) is 0 Å². The van der Waals surface area contributed by atoms with Crippen LogP contribution in [0.5, 0.6) is 5.75 Å². The van der Waals surface area contributed by atoms with Crippen molar-refractivity contribution in [2.24, 2.45) is 11.5 Å². The number of nitrogens with two attached hydrogens (primary N) is 2. The van der Waals surface area contributed by atoms with Gasteiger partial charge in [0.05, 0.1) is 0 Å². The van der Waals surface area contributed by atoms with E-state index in [2.05, 4.69) is 12.1 Å². The standard InChI is InChI=1S/C9H11NO3.C8H11N/c10-8(9(12)13)5-6-1-3-7(11)4-2-6;9-7-6-8-4-2-1-3-5-8/h1-4,8,11H,5,10H2,(H,12,13);1-5H,6-7,9H2/t8-;/m0./s1. The zero-order valence-corrected chi connectivity index (χ0v) is 12.4. The summed E-state index contributed by atoms with van der Waals surface area (Å²) in [5, 5.41) is 17.5. The van der Waals surface area contributed by atoms with E-state index in [1.54, 1.807) is 12.1 Å². The van der Waals surface area contributed by atoms with Crippen molar-refractivity contribution in [3.8, 4) is 5.75 Å². The predicted molar refractivity (Wildman–Crippen MR) is 86.6 cm³/mol. The maximum Gasteiger partial charge on any atom is 0.320 e. The summed E-state index contributed by atoms with van der Waals surface area (Å²) < 4.78 is 0. The van der Waals surface area contributed by atoms with Crippen LogP contribution in [-0.2, 0) is 17.6 Å². The Morgan fingerprint density at radius 3 is 2.09 bits per heavy atom. The number of hydrogen-bond acceptors (Lipinski definition) is 4. The molecule has 1 atom stereocenters. The van der Waals surface area contributed by atoms with Crippen LogP contribution in [0.25, 0.3) is 0 Å². The number of carboxylic acid groups (broad SMARTS) is 1. The van der Waals surface area contributed by atoms with Crippen molar-refractivity contribution >= 4 is 5.97 Å². The Hall–Kier alpha value is -2.37. The highest BCUT2D eigenvalue weighted by molar-refractivity contribution is 5.73. The molecule has 0 aliphatic rings. The third-order valence-electron chi connectivity index (χ3n) is 2.98. The van der Waals surface area contributed by atoms with Crippen molar-refractivity contribution in [3.63, 3.8) is 0 Å². The molecule has 2 rings (SSSR count). The maximum absolute atomic E-state index is 10.4. The molecule has 5 heteroatoms. The van der Waals surface area contributed by atoms with Gasteiger partial charge in [-0.3, -0.25) is 4.79 Å². The van der Waals surface area contributed by atoms with Crippen LogP contribution in [0.2, 0.25) is 0 Å². The Kier molecular flexibility index (Phi) is 7.67. The summed E-state index contributed by atoms with van der Waals surface area (Å²) >= 11 is 0. The van der Waals surface area contributed by atoms with E-state index in [0.29, 0.717) is 0 Å². The van der Waals surface area contributed by atoms with Crippen LogP contribution in [0.1, 0.15) is 11.1 Å². The average Bonchev–Trinajstić information content (AvgIpc) is 2.51. The Balaban J connectivity index is 0.000000235. The topological polar surface area (TPSA) is 110 Å². The van der Waals surface area contributed by atoms with Gasteiger partial charge in [-0.2, -0.15) is 0 Å². The zero-order valence-electron chi connectivity index (χ0n) is 12.4. The lowest BCUT2D eigenvalue weighted by Gasteiger charge is -2.05. The molecule has 0 bridgehead atoms. The summed E-state index contributed by atoms with van der Waals surface area (Å²) in [6.07, 6.45) is 1.26. The molecule has 118 valence electrons. The van der Waals surface area contributed by atoms with Crippen LogP contribution in [0.15, 0.2) is 54.6 Å². The molecule has 22 heavy (non-hydrogen) atoms. The minimum atomic E-state index is -1.02. The molecule has 0 amide bonds. The molecule has 0 fully saturated rings. The van der Waals surface area contributed by atoms with Crippen molar-refractivity contribution in [1.82, 2.24) is 0 Å². The largest absolute Gasteiger partial charge is 0.508 e. The number of carbonyl (C=O) groups is 1. The van der Waals surface area contributed by atoms with Gasteiger partial charge in [-0.15, -0.1) is 0 Å². The number of aliphatic carboxylic acids is 1. The summed E-state index contributed by atoms with van der Waals surface area (Å²) in [4.78, 5) is 10.4. The Bertz CT molecular complexity index is 556. The summed E-state index contributed by atoms with van der Waals surface area (Å²) in [6.45, 7) is 0.740. The lowest BCUT2D eigenvalue weighted by atomic mass is 10.1. The highest BCUT2D eigenvalue weighted by Crippen LogP contribution is 2.10. The lowest BCUT2D eigenvalue weighted by molar-refractivity contribution is -0.138. The molecule has 0 aliphatic heterocycles. The number of carboxylic acids is 1. The molecule has 0 heterocycles. The van der Waals surface area contributed by atoms with E-state index < -0.39 is 12.0 Å². The van der Waals surface area contributed by atoms with E-state index in [9.17, 15) is 4.79 Å². The van der Waals surface area contributed by atoms with Crippen molar-refractivity contribution in [3.05, 3.63) is 65.7 Å². The minimum Gasteiger partial charge on any atom is -0.508 e. The summed E-state index contributed by atoms with van der Waals surface area (Å²) in [6, 6.07) is 15.7. The summed E-state index contributed by atoms with van der Waals surface area (Å²) in [5.74, 6) is -0.860. The number of aromatic hydroxyl groups is 1. The molecular weight excluding hydrogens is 280 g/mol. The monoisotopic (exact) mass is 302 g/mol. The van der Waals surface area contributed by atoms with Gasteiger partial charge < -0.3 is 21.7 Å². The highest BCUT2D eigenvalue weighted by Gasteiger charge is 2.11. The van der Waals surface area contributed by atoms with Gasteiger partial charge in [0.2, 0.25) is 0 Å². The molecular formula is C17H22N2O3. The van der Waals surface area contributed by atoms with Gasteiger partial charge in [-0.1, -0.05) is 42.5 Å². The van der Waals surface area contributed by atoms with Crippen molar-refractivity contribution < 1.29 is 15.0 Å². The van der Waals surface area contributed by atoms with Gasteiger partial charge in [-0.05, 0) is 42.6 Å². The first-order valence-electron chi connectivity index (χ1n) is 7.03. The SMILES string of the molecule is NCCc1ccccc1.N[C@@H](Cc1ccc(O)cc1)C(=O)O. The van der Waals surface area contributed by atoms with Crippen LogP contribution in [-0.4, -0.2) is 28.8 Å².